The summed E-state index contributed by atoms with van der Waals surface area (Å²) in [6.45, 7) is 0.896. The lowest BCUT2D eigenvalue weighted by Gasteiger charge is -2.13. The number of nitrogens with zero attached hydrogens (tertiary/aromatic N) is 2. The Bertz CT molecular complexity index is 373. The molecular weight excluding hydrogens is 200 g/mol. The van der Waals surface area contributed by atoms with E-state index in [0.29, 0.717) is 5.69 Å². The van der Waals surface area contributed by atoms with Crippen LogP contribution in [0.2, 0.25) is 0 Å². The Kier molecular flexibility index (Phi) is 3.75. The number of anilines is 2. The number of rotatable bonds is 4. The zero-order valence-electron chi connectivity index (χ0n) is 9.45. The summed E-state index contributed by atoms with van der Waals surface area (Å²) in [5.74, 6) is 0.742. The van der Waals surface area contributed by atoms with Crippen LogP contribution in [0.3, 0.4) is 0 Å². The van der Waals surface area contributed by atoms with Gasteiger partial charge < -0.3 is 11.1 Å². The molecule has 3 N–H and O–H groups in total. The molecule has 0 unspecified atom stereocenters. The molecule has 1 aromatic rings. The van der Waals surface area contributed by atoms with Gasteiger partial charge in [0.05, 0.1) is 11.9 Å². The lowest BCUT2D eigenvalue weighted by molar-refractivity contribution is 0.679. The molecule has 0 amide bonds. The maximum Gasteiger partial charge on any atom is 0.152 e. The number of hydrogen-bond donors (Lipinski definition) is 2. The molecule has 4 heteroatoms. The number of hydrogen-bond acceptors (Lipinski definition) is 4. The highest BCUT2D eigenvalue weighted by molar-refractivity contribution is 5.58. The highest BCUT2D eigenvalue weighted by Crippen LogP contribution is 2.20. The normalized spacial score (nSPS) is 15.6. The van der Waals surface area contributed by atoms with Crippen molar-refractivity contribution < 1.29 is 0 Å². The number of nitrogens with one attached hydrogen (secondary N) is 1. The summed E-state index contributed by atoms with van der Waals surface area (Å²) >= 11 is 0. The van der Waals surface area contributed by atoms with Gasteiger partial charge >= 0.3 is 0 Å². The predicted molar refractivity (Wildman–Crippen MR) is 66.1 cm³/mol. The Morgan fingerprint density at radius 1 is 1.38 bits per heavy atom. The van der Waals surface area contributed by atoms with Crippen LogP contribution in [0.5, 0.6) is 0 Å². The summed E-state index contributed by atoms with van der Waals surface area (Å²) in [5.41, 5.74) is 7.91. The maximum absolute atomic E-state index is 5.74. The molecule has 0 spiro atoms. The van der Waals surface area contributed by atoms with Gasteiger partial charge in [0, 0.05) is 6.54 Å². The van der Waals surface area contributed by atoms with Gasteiger partial charge in [-0.1, -0.05) is 11.6 Å². The summed E-state index contributed by atoms with van der Waals surface area (Å²) in [7, 11) is 0. The van der Waals surface area contributed by atoms with Crippen molar-refractivity contribution >= 4 is 11.5 Å². The molecule has 0 bridgehead atoms. The van der Waals surface area contributed by atoms with Crippen LogP contribution in [-0.4, -0.2) is 16.5 Å². The molecule has 86 valence electrons. The van der Waals surface area contributed by atoms with E-state index in [4.69, 9.17) is 5.73 Å². The van der Waals surface area contributed by atoms with Crippen LogP contribution >= 0.6 is 0 Å². The Labute approximate surface area is 96.0 Å². The van der Waals surface area contributed by atoms with Gasteiger partial charge in [0.15, 0.2) is 5.82 Å². The van der Waals surface area contributed by atoms with E-state index in [9.17, 15) is 0 Å². The van der Waals surface area contributed by atoms with Crippen LogP contribution < -0.4 is 11.1 Å². The lowest BCUT2D eigenvalue weighted by Crippen LogP contribution is -2.08. The minimum atomic E-state index is 0.611. The van der Waals surface area contributed by atoms with Gasteiger partial charge in [-0.15, -0.1) is 0 Å². The van der Waals surface area contributed by atoms with Gasteiger partial charge in [-0.2, -0.15) is 0 Å². The van der Waals surface area contributed by atoms with Crippen LogP contribution in [0.4, 0.5) is 11.5 Å². The Balaban J connectivity index is 1.80. The van der Waals surface area contributed by atoms with E-state index < -0.39 is 0 Å². The third-order valence-electron chi connectivity index (χ3n) is 2.86. The van der Waals surface area contributed by atoms with Gasteiger partial charge in [0.2, 0.25) is 0 Å². The largest absolute Gasteiger partial charge is 0.394 e. The summed E-state index contributed by atoms with van der Waals surface area (Å²) in [6.07, 6.45) is 11.8. The fraction of sp³-hybridized carbons (Fsp3) is 0.500. The van der Waals surface area contributed by atoms with Crippen molar-refractivity contribution in [2.75, 3.05) is 17.6 Å². The Hall–Kier alpha value is -1.58. The first-order chi connectivity index (χ1) is 7.86. The molecule has 1 aliphatic rings. The topological polar surface area (TPSA) is 63.8 Å². The lowest BCUT2D eigenvalue weighted by atomic mass is 9.97. The van der Waals surface area contributed by atoms with E-state index in [-0.39, 0.29) is 0 Å². The Morgan fingerprint density at radius 3 is 3.06 bits per heavy atom. The molecule has 0 aliphatic heterocycles. The average Bonchev–Trinajstić information content (AvgIpc) is 2.33. The second-order valence-corrected chi connectivity index (χ2v) is 4.11. The first kappa shape index (κ1) is 10.9. The van der Waals surface area contributed by atoms with Crippen molar-refractivity contribution in [1.82, 2.24) is 9.97 Å². The van der Waals surface area contributed by atoms with Gasteiger partial charge in [-0.05, 0) is 32.1 Å². The van der Waals surface area contributed by atoms with Gasteiger partial charge in [-0.3, -0.25) is 0 Å². The third kappa shape index (κ3) is 2.95. The second-order valence-electron chi connectivity index (χ2n) is 4.11. The fourth-order valence-electron chi connectivity index (χ4n) is 1.96. The van der Waals surface area contributed by atoms with Crippen molar-refractivity contribution in [3.63, 3.8) is 0 Å². The Morgan fingerprint density at radius 2 is 2.31 bits per heavy atom. The molecule has 0 fully saturated rings. The number of aromatic nitrogens is 2. The monoisotopic (exact) mass is 218 g/mol. The maximum atomic E-state index is 5.74. The second kappa shape index (κ2) is 5.49. The molecule has 16 heavy (non-hydrogen) atoms. The van der Waals surface area contributed by atoms with Gasteiger partial charge in [0.25, 0.3) is 0 Å². The SMILES string of the molecule is Nc1cncnc1NCCC1=CCCCC1. The number of nitrogen functional groups attached to an aromatic ring is 1. The summed E-state index contributed by atoms with van der Waals surface area (Å²) in [4.78, 5) is 7.95. The highest BCUT2D eigenvalue weighted by atomic mass is 15.0. The molecule has 0 radical (unpaired) electrons. The first-order valence-electron chi connectivity index (χ1n) is 5.83. The standard InChI is InChI=1S/C12H18N4/c13-11-8-14-9-16-12(11)15-7-6-10-4-2-1-3-5-10/h4,8-9H,1-3,5-7,13H2,(H,14,15,16). The van der Waals surface area contributed by atoms with Crippen molar-refractivity contribution in [2.24, 2.45) is 0 Å². The fourth-order valence-corrected chi connectivity index (χ4v) is 1.96. The molecule has 0 saturated carbocycles. The van der Waals surface area contributed by atoms with Crippen LogP contribution in [-0.2, 0) is 0 Å². The van der Waals surface area contributed by atoms with Crippen LogP contribution in [0, 0.1) is 0 Å². The number of allylic oxidation sites excluding steroid dienone is 1. The van der Waals surface area contributed by atoms with Crippen LogP contribution in [0.1, 0.15) is 32.1 Å². The van der Waals surface area contributed by atoms with Crippen LogP contribution in [0.15, 0.2) is 24.2 Å². The van der Waals surface area contributed by atoms with E-state index in [1.165, 1.54) is 32.0 Å². The molecule has 0 aromatic carbocycles. The molecule has 0 saturated heterocycles. The zero-order chi connectivity index (χ0) is 11.2. The minimum absolute atomic E-state index is 0.611. The van der Waals surface area contributed by atoms with Crippen molar-refractivity contribution in [2.45, 2.75) is 32.1 Å². The van der Waals surface area contributed by atoms with E-state index >= 15 is 0 Å². The molecule has 1 aromatic heterocycles. The van der Waals surface area contributed by atoms with Crippen molar-refractivity contribution in [3.8, 4) is 0 Å². The van der Waals surface area contributed by atoms with Gasteiger partial charge in [-0.25, -0.2) is 9.97 Å². The summed E-state index contributed by atoms with van der Waals surface area (Å²) < 4.78 is 0. The van der Waals surface area contributed by atoms with Crippen molar-refractivity contribution in [1.29, 1.82) is 0 Å². The molecule has 1 heterocycles. The van der Waals surface area contributed by atoms with E-state index in [2.05, 4.69) is 21.4 Å². The van der Waals surface area contributed by atoms with E-state index in [1.807, 2.05) is 0 Å². The number of nitrogens with two attached hydrogens (primary N) is 1. The molecular formula is C12H18N4. The summed E-state index contributed by atoms with van der Waals surface area (Å²) in [6, 6.07) is 0. The predicted octanol–water partition coefficient (Wildman–Crippen LogP) is 2.36. The zero-order valence-corrected chi connectivity index (χ0v) is 9.45. The molecule has 2 rings (SSSR count). The quantitative estimate of drug-likeness (QED) is 0.761. The van der Waals surface area contributed by atoms with E-state index in [1.54, 1.807) is 11.8 Å². The molecule has 4 nitrogen and oxygen atoms in total. The summed E-state index contributed by atoms with van der Waals surface area (Å²) in [5, 5.41) is 3.24. The van der Waals surface area contributed by atoms with E-state index in [0.717, 1.165) is 18.8 Å². The third-order valence-corrected chi connectivity index (χ3v) is 2.86. The molecule has 0 atom stereocenters. The first-order valence-corrected chi connectivity index (χ1v) is 5.83. The average molecular weight is 218 g/mol. The van der Waals surface area contributed by atoms with Crippen LogP contribution in [0.25, 0.3) is 0 Å². The van der Waals surface area contributed by atoms with Gasteiger partial charge in [0.1, 0.15) is 6.33 Å². The minimum Gasteiger partial charge on any atom is -0.394 e. The smallest absolute Gasteiger partial charge is 0.152 e. The van der Waals surface area contributed by atoms with Crippen molar-refractivity contribution in [3.05, 3.63) is 24.2 Å². The molecule has 1 aliphatic carbocycles. The highest BCUT2D eigenvalue weighted by Gasteiger charge is 2.04.